The maximum absolute atomic E-state index is 10.5. The molecule has 78 valence electrons. The topological polar surface area (TPSA) is 102 Å². The number of carboxylic acid groups (broad SMARTS) is 1. The molecule has 1 aromatic carbocycles. The van der Waals surface area contributed by atoms with Crippen molar-refractivity contribution in [3.8, 4) is 0 Å². The summed E-state index contributed by atoms with van der Waals surface area (Å²) in [4.78, 5) is 10.5. The number of rotatable bonds is 3. The van der Waals surface area contributed by atoms with E-state index in [1.54, 1.807) is 18.2 Å². The Bertz CT molecular complexity index is 494. The minimum atomic E-state index is -1.02. The van der Waals surface area contributed by atoms with Crippen LogP contribution in [0.2, 0.25) is 0 Å². The van der Waals surface area contributed by atoms with Crippen LogP contribution in [0.15, 0.2) is 22.8 Å². The van der Waals surface area contributed by atoms with E-state index in [1.165, 1.54) is 0 Å². The van der Waals surface area contributed by atoms with Gasteiger partial charge in [0.1, 0.15) is 17.1 Å². The fourth-order valence-electron chi connectivity index (χ4n) is 1.30. The Morgan fingerprint density at radius 1 is 1.47 bits per heavy atom. The van der Waals surface area contributed by atoms with E-state index in [-0.39, 0.29) is 6.42 Å². The maximum Gasteiger partial charge on any atom is 0.320 e. The second-order valence-electron chi connectivity index (χ2n) is 3.24. The van der Waals surface area contributed by atoms with Crippen molar-refractivity contribution in [1.82, 2.24) is 10.3 Å². The highest BCUT2D eigenvalue weighted by atomic mass is 16.6. The largest absolute Gasteiger partial charge is 0.480 e. The van der Waals surface area contributed by atoms with Crippen molar-refractivity contribution in [3.63, 3.8) is 0 Å². The van der Waals surface area contributed by atoms with Crippen LogP contribution in [0.3, 0.4) is 0 Å². The van der Waals surface area contributed by atoms with Crippen LogP contribution in [0.4, 0.5) is 0 Å². The third-order valence-electron chi connectivity index (χ3n) is 2.09. The summed E-state index contributed by atoms with van der Waals surface area (Å²) in [7, 11) is 0. The van der Waals surface area contributed by atoms with Crippen LogP contribution in [0.1, 0.15) is 5.56 Å². The van der Waals surface area contributed by atoms with Crippen molar-refractivity contribution < 1.29 is 14.5 Å². The SMILES string of the molecule is N[C@@H](Cc1ccc2nonc2c1)C(=O)O. The molecule has 0 saturated heterocycles. The van der Waals surface area contributed by atoms with Crippen molar-refractivity contribution in [3.05, 3.63) is 23.8 Å². The minimum Gasteiger partial charge on any atom is -0.480 e. The van der Waals surface area contributed by atoms with Gasteiger partial charge in [-0.1, -0.05) is 6.07 Å². The zero-order valence-corrected chi connectivity index (χ0v) is 7.75. The van der Waals surface area contributed by atoms with E-state index in [1.807, 2.05) is 0 Å². The number of aromatic nitrogens is 2. The summed E-state index contributed by atoms with van der Waals surface area (Å²) in [6.45, 7) is 0. The molecule has 2 aromatic rings. The molecular weight excluding hydrogens is 198 g/mol. The van der Waals surface area contributed by atoms with E-state index in [4.69, 9.17) is 10.8 Å². The number of fused-ring (bicyclic) bond motifs is 1. The monoisotopic (exact) mass is 207 g/mol. The number of benzene rings is 1. The van der Waals surface area contributed by atoms with Gasteiger partial charge in [-0.25, -0.2) is 4.63 Å². The molecular formula is C9H9N3O3. The molecule has 0 saturated carbocycles. The van der Waals surface area contributed by atoms with Crippen molar-refractivity contribution in [2.45, 2.75) is 12.5 Å². The second kappa shape index (κ2) is 3.66. The first-order valence-corrected chi connectivity index (χ1v) is 4.36. The Hall–Kier alpha value is -1.95. The van der Waals surface area contributed by atoms with Gasteiger partial charge >= 0.3 is 5.97 Å². The molecule has 0 aliphatic rings. The van der Waals surface area contributed by atoms with Gasteiger partial charge in [-0.2, -0.15) is 0 Å². The number of nitrogens with two attached hydrogens (primary N) is 1. The van der Waals surface area contributed by atoms with Gasteiger partial charge in [0, 0.05) is 0 Å². The zero-order chi connectivity index (χ0) is 10.8. The third-order valence-corrected chi connectivity index (χ3v) is 2.09. The molecule has 0 unspecified atom stereocenters. The van der Waals surface area contributed by atoms with Gasteiger partial charge in [0.05, 0.1) is 0 Å². The lowest BCUT2D eigenvalue weighted by atomic mass is 10.1. The summed E-state index contributed by atoms with van der Waals surface area (Å²) < 4.78 is 4.52. The summed E-state index contributed by atoms with van der Waals surface area (Å²) in [5.74, 6) is -1.02. The Balaban J connectivity index is 2.24. The first-order valence-electron chi connectivity index (χ1n) is 4.36. The molecule has 6 nitrogen and oxygen atoms in total. The Morgan fingerprint density at radius 2 is 2.20 bits per heavy atom. The van der Waals surface area contributed by atoms with Gasteiger partial charge in [0.2, 0.25) is 0 Å². The molecule has 0 radical (unpaired) electrons. The van der Waals surface area contributed by atoms with Crippen LogP contribution < -0.4 is 5.73 Å². The van der Waals surface area contributed by atoms with Crippen molar-refractivity contribution in [2.75, 3.05) is 0 Å². The van der Waals surface area contributed by atoms with Gasteiger partial charge in [-0.3, -0.25) is 4.79 Å². The van der Waals surface area contributed by atoms with Crippen LogP contribution in [0.5, 0.6) is 0 Å². The number of carbonyl (C=O) groups is 1. The second-order valence-corrected chi connectivity index (χ2v) is 3.24. The zero-order valence-electron chi connectivity index (χ0n) is 7.75. The minimum absolute atomic E-state index is 0.262. The number of nitrogens with zero attached hydrogens (tertiary/aromatic N) is 2. The first-order chi connectivity index (χ1) is 7.16. The number of hydrogen-bond acceptors (Lipinski definition) is 5. The average molecular weight is 207 g/mol. The van der Waals surface area contributed by atoms with E-state index in [0.29, 0.717) is 11.0 Å². The molecule has 0 fully saturated rings. The van der Waals surface area contributed by atoms with Gasteiger partial charge in [0.15, 0.2) is 0 Å². The molecule has 1 aromatic heterocycles. The fourth-order valence-corrected chi connectivity index (χ4v) is 1.30. The van der Waals surface area contributed by atoms with Crippen LogP contribution in [-0.4, -0.2) is 27.4 Å². The molecule has 1 heterocycles. The predicted octanol–water partition coefficient (Wildman–Crippen LogP) is 0.177. The normalized spacial score (nSPS) is 12.9. The molecule has 0 aliphatic carbocycles. The van der Waals surface area contributed by atoms with Crippen molar-refractivity contribution in [1.29, 1.82) is 0 Å². The molecule has 0 aliphatic heterocycles. The lowest BCUT2D eigenvalue weighted by Gasteiger charge is -2.05. The number of carboxylic acids is 1. The standard InChI is InChI=1S/C9H9N3O3/c10-6(9(13)14)3-5-1-2-7-8(4-5)12-15-11-7/h1-2,4,6H,3,10H2,(H,13,14)/t6-/m0/s1. The first kappa shape index (κ1) is 9.60. The average Bonchev–Trinajstić information content (AvgIpc) is 2.64. The quantitative estimate of drug-likeness (QED) is 0.744. The molecule has 3 N–H and O–H groups in total. The predicted molar refractivity (Wildman–Crippen MR) is 51.1 cm³/mol. The van der Waals surface area contributed by atoms with E-state index >= 15 is 0 Å². The summed E-state index contributed by atoms with van der Waals surface area (Å²) in [5.41, 5.74) is 7.45. The molecule has 15 heavy (non-hydrogen) atoms. The fraction of sp³-hybridized carbons (Fsp3) is 0.222. The Morgan fingerprint density at radius 3 is 2.93 bits per heavy atom. The number of hydrogen-bond donors (Lipinski definition) is 2. The van der Waals surface area contributed by atoms with Crippen molar-refractivity contribution in [2.24, 2.45) is 5.73 Å². The molecule has 1 atom stereocenters. The third kappa shape index (κ3) is 1.94. The highest BCUT2D eigenvalue weighted by Gasteiger charge is 2.12. The summed E-state index contributed by atoms with van der Waals surface area (Å²) in [6.07, 6.45) is 0.262. The highest BCUT2D eigenvalue weighted by molar-refractivity contribution is 5.75. The van der Waals surface area contributed by atoms with E-state index in [0.717, 1.165) is 5.56 Å². The van der Waals surface area contributed by atoms with Gasteiger partial charge in [0.25, 0.3) is 0 Å². The van der Waals surface area contributed by atoms with E-state index < -0.39 is 12.0 Å². The van der Waals surface area contributed by atoms with Crippen molar-refractivity contribution >= 4 is 17.0 Å². The summed E-state index contributed by atoms with van der Waals surface area (Å²) in [5, 5.41) is 15.9. The molecule has 2 rings (SSSR count). The number of aliphatic carboxylic acids is 1. The van der Waals surface area contributed by atoms with Crippen LogP contribution in [-0.2, 0) is 11.2 Å². The van der Waals surface area contributed by atoms with E-state index in [2.05, 4.69) is 14.9 Å². The van der Waals surface area contributed by atoms with Gasteiger partial charge in [-0.15, -0.1) is 0 Å². The molecule has 0 bridgehead atoms. The smallest absolute Gasteiger partial charge is 0.320 e. The molecule has 0 spiro atoms. The lowest BCUT2D eigenvalue weighted by molar-refractivity contribution is -0.138. The Kier molecular flexibility index (Phi) is 2.34. The summed E-state index contributed by atoms with van der Waals surface area (Å²) >= 11 is 0. The lowest BCUT2D eigenvalue weighted by Crippen LogP contribution is -2.32. The van der Waals surface area contributed by atoms with Crippen LogP contribution in [0, 0.1) is 0 Å². The molecule has 6 heteroatoms. The molecule has 0 amide bonds. The summed E-state index contributed by atoms with van der Waals surface area (Å²) in [6, 6.07) is 4.29. The van der Waals surface area contributed by atoms with E-state index in [9.17, 15) is 4.79 Å². The maximum atomic E-state index is 10.5. The van der Waals surface area contributed by atoms with Gasteiger partial charge < -0.3 is 10.8 Å². The Labute approximate surface area is 84.6 Å². The van der Waals surface area contributed by atoms with Crippen LogP contribution in [0.25, 0.3) is 11.0 Å². The van der Waals surface area contributed by atoms with Gasteiger partial charge in [-0.05, 0) is 34.4 Å². The highest BCUT2D eigenvalue weighted by Crippen LogP contribution is 2.12. The van der Waals surface area contributed by atoms with Crippen LogP contribution >= 0.6 is 0 Å².